The van der Waals surface area contributed by atoms with Crippen LogP contribution < -0.4 is 5.32 Å². The first-order valence-corrected chi connectivity index (χ1v) is 6.34. The minimum atomic E-state index is -0.980. The summed E-state index contributed by atoms with van der Waals surface area (Å²) in [6.07, 6.45) is 4.37. The van der Waals surface area contributed by atoms with Crippen molar-refractivity contribution in [3.63, 3.8) is 0 Å². The molecule has 0 saturated heterocycles. The van der Waals surface area contributed by atoms with E-state index in [9.17, 15) is 9.59 Å². The van der Waals surface area contributed by atoms with Gasteiger partial charge < -0.3 is 10.4 Å². The predicted molar refractivity (Wildman–Crippen MR) is 65.6 cm³/mol. The van der Waals surface area contributed by atoms with Gasteiger partial charge in [-0.2, -0.15) is 0 Å². The first-order chi connectivity index (χ1) is 7.81. The first-order valence-electron chi connectivity index (χ1n) is 6.34. The molecule has 0 radical (unpaired) electrons. The van der Waals surface area contributed by atoms with Crippen LogP contribution >= 0.6 is 0 Å². The number of carboxylic acids is 1. The van der Waals surface area contributed by atoms with Crippen LogP contribution in [0.1, 0.15) is 52.9 Å². The van der Waals surface area contributed by atoms with E-state index in [2.05, 4.69) is 12.2 Å². The molecule has 4 nitrogen and oxygen atoms in total. The molecule has 0 bridgehead atoms. The van der Waals surface area contributed by atoms with Crippen molar-refractivity contribution in [2.75, 3.05) is 0 Å². The molecule has 0 unspecified atom stereocenters. The summed E-state index contributed by atoms with van der Waals surface area (Å²) in [5, 5.41) is 11.9. The Labute approximate surface area is 103 Å². The van der Waals surface area contributed by atoms with Crippen molar-refractivity contribution in [1.29, 1.82) is 0 Å². The van der Waals surface area contributed by atoms with Crippen LogP contribution in [0.5, 0.6) is 0 Å². The maximum absolute atomic E-state index is 11.7. The minimum absolute atomic E-state index is 0.0500. The van der Waals surface area contributed by atoms with E-state index in [1.165, 1.54) is 0 Å². The lowest BCUT2D eigenvalue weighted by atomic mass is 9.86. The molecule has 4 heteroatoms. The van der Waals surface area contributed by atoms with Gasteiger partial charge in [-0.15, -0.1) is 0 Å². The lowest BCUT2D eigenvalue weighted by Crippen LogP contribution is -2.40. The summed E-state index contributed by atoms with van der Waals surface area (Å²) in [5.74, 6) is -0.319. The molecule has 0 atom stereocenters. The number of rotatable bonds is 4. The van der Waals surface area contributed by atoms with Gasteiger partial charge in [0.1, 0.15) is 0 Å². The molecule has 1 saturated carbocycles. The highest BCUT2D eigenvalue weighted by molar-refractivity contribution is 5.84. The first kappa shape index (κ1) is 14.0. The lowest BCUT2D eigenvalue weighted by Gasteiger charge is -2.28. The molecule has 98 valence electrons. The fourth-order valence-corrected chi connectivity index (χ4v) is 2.16. The monoisotopic (exact) mass is 241 g/mol. The van der Waals surface area contributed by atoms with Crippen LogP contribution in [0.25, 0.3) is 0 Å². The molecule has 0 aromatic carbocycles. The number of aliphatic carboxylic acids is 1. The van der Waals surface area contributed by atoms with Crippen molar-refractivity contribution >= 4 is 11.9 Å². The topological polar surface area (TPSA) is 66.4 Å². The summed E-state index contributed by atoms with van der Waals surface area (Å²) in [5.41, 5.74) is -0.980. The SMILES string of the molecule is CC1CCC(NC(=O)CC(C)(C)C(=O)O)CC1. The van der Waals surface area contributed by atoms with E-state index in [1.54, 1.807) is 13.8 Å². The fourth-order valence-electron chi connectivity index (χ4n) is 2.16. The Hall–Kier alpha value is -1.06. The van der Waals surface area contributed by atoms with Crippen LogP contribution in [0, 0.1) is 11.3 Å². The second-order valence-corrected chi connectivity index (χ2v) is 5.89. The highest BCUT2D eigenvalue weighted by Gasteiger charge is 2.31. The molecule has 0 heterocycles. The molecule has 1 fully saturated rings. The zero-order valence-electron chi connectivity index (χ0n) is 11.0. The Morgan fingerprint density at radius 1 is 1.24 bits per heavy atom. The molecule has 17 heavy (non-hydrogen) atoms. The standard InChI is InChI=1S/C13H23NO3/c1-9-4-6-10(7-5-9)14-11(15)8-13(2,3)12(16)17/h9-10H,4-8H2,1-3H3,(H,14,15)(H,16,17). The van der Waals surface area contributed by atoms with Crippen LogP contribution in [0.15, 0.2) is 0 Å². The number of carbonyl (C=O) groups excluding carboxylic acids is 1. The summed E-state index contributed by atoms with van der Waals surface area (Å²) < 4.78 is 0. The van der Waals surface area contributed by atoms with Gasteiger partial charge in [0.25, 0.3) is 0 Å². The Balaban J connectivity index is 2.37. The van der Waals surface area contributed by atoms with E-state index in [1.807, 2.05) is 0 Å². The number of hydrogen-bond acceptors (Lipinski definition) is 2. The van der Waals surface area contributed by atoms with Gasteiger partial charge in [0.2, 0.25) is 5.91 Å². The molecule has 1 aliphatic rings. The van der Waals surface area contributed by atoms with Crippen LogP contribution in [-0.2, 0) is 9.59 Å². The summed E-state index contributed by atoms with van der Waals surface area (Å²) in [4.78, 5) is 22.7. The zero-order valence-corrected chi connectivity index (χ0v) is 11.0. The Kier molecular flexibility index (Phi) is 4.54. The van der Waals surface area contributed by atoms with Crippen molar-refractivity contribution in [2.45, 2.75) is 58.9 Å². The summed E-state index contributed by atoms with van der Waals surface area (Å²) >= 11 is 0. The molecular weight excluding hydrogens is 218 g/mol. The van der Waals surface area contributed by atoms with Crippen LogP contribution in [0.3, 0.4) is 0 Å². The van der Waals surface area contributed by atoms with Crippen LogP contribution in [-0.4, -0.2) is 23.0 Å². The quantitative estimate of drug-likeness (QED) is 0.792. The van der Waals surface area contributed by atoms with Crippen LogP contribution in [0.4, 0.5) is 0 Å². The smallest absolute Gasteiger partial charge is 0.309 e. The van der Waals surface area contributed by atoms with Crippen molar-refractivity contribution in [2.24, 2.45) is 11.3 Å². The highest BCUT2D eigenvalue weighted by Crippen LogP contribution is 2.25. The summed E-state index contributed by atoms with van der Waals surface area (Å²) in [7, 11) is 0. The average Bonchev–Trinajstić information content (AvgIpc) is 2.20. The normalized spacial score (nSPS) is 25.4. The van der Waals surface area contributed by atoms with E-state index in [0.29, 0.717) is 0 Å². The van der Waals surface area contributed by atoms with E-state index in [0.717, 1.165) is 31.6 Å². The molecule has 1 aliphatic carbocycles. The van der Waals surface area contributed by atoms with Gasteiger partial charge in [-0.1, -0.05) is 6.92 Å². The van der Waals surface area contributed by atoms with E-state index in [-0.39, 0.29) is 18.4 Å². The van der Waals surface area contributed by atoms with E-state index < -0.39 is 11.4 Å². The molecule has 0 aromatic rings. The van der Waals surface area contributed by atoms with Gasteiger partial charge in [0.05, 0.1) is 5.41 Å². The van der Waals surface area contributed by atoms with Crippen molar-refractivity contribution in [3.05, 3.63) is 0 Å². The number of carbonyl (C=O) groups is 2. The lowest BCUT2D eigenvalue weighted by molar-refractivity contribution is -0.149. The summed E-state index contributed by atoms with van der Waals surface area (Å²) in [6.45, 7) is 5.39. The van der Waals surface area contributed by atoms with Gasteiger partial charge in [0.15, 0.2) is 0 Å². The maximum Gasteiger partial charge on any atom is 0.309 e. The van der Waals surface area contributed by atoms with Gasteiger partial charge in [0, 0.05) is 12.5 Å². The van der Waals surface area contributed by atoms with Gasteiger partial charge in [-0.3, -0.25) is 9.59 Å². The molecule has 0 spiro atoms. The highest BCUT2D eigenvalue weighted by atomic mass is 16.4. The van der Waals surface area contributed by atoms with E-state index in [4.69, 9.17) is 5.11 Å². The van der Waals surface area contributed by atoms with Gasteiger partial charge in [-0.25, -0.2) is 0 Å². The molecule has 1 amide bonds. The van der Waals surface area contributed by atoms with Crippen LogP contribution in [0.2, 0.25) is 0 Å². The number of nitrogens with one attached hydrogen (secondary N) is 1. The molecular formula is C13H23NO3. The molecule has 0 aromatic heterocycles. The maximum atomic E-state index is 11.7. The second-order valence-electron chi connectivity index (χ2n) is 5.89. The fraction of sp³-hybridized carbons (Fsp3) is 0.846. The third-order valence-corrected chi connectivity index (χ3v) is 3.56. The third kappa shape index (κ3) is 4.36. The molecule has 1 rings (SSSR count). The largest absolute Gasteiger partial charge is 0.481 e. The molecule has 2 N–H and O–H groups in total. The van der Waals surface area contributed by atoms with Crippen molar-refractivity contribution in [1.82, 2.24) is 5.32 Å². The summed E-state index contributed by atoms with van der Waals surface area (Å²) in [6, 6.07) is 0.239. The zero-order chi connectivity index (χ0) is 13.1. The molecule has 0 aliphatic heterocycles. The number of carboxylic acid groups (broad SMARTS) is 1. The second kappa shape index (κ2) is 5.52. The van der Waals surface area contributed by atoms with Gasteiger partial charge >= 0.3 is 5.97 Å². The predicted octanol–water partition coefficient (Wildman–Crippen LogP) is 2.18. The van der Waals surface area contributed by atoms with Crippen molar-refractivity contribution < 1.29 is 14.7 Å². The minimum Gasteiger partial charge on any atom is -0.481 e. The number of hydrogen-bond donors (Lipinski definition) is 2. The van der Waals surface area contributed by atoms with Crippen molar-refractivity contribution in [3.8, 4) is 0 Å². The Bertz CT molecular complexity index is 291. The average molecular weight is 241 g/mol. The van der Waals surface area contributed by atoms with E-state index >= 15 is 0 Å². The number of amides is 1. The van der Waals surface area contributed by atoms with Gasteiger partial charge in [-0.05, 0) is 45.4 Å². The third-order valence-electron chi connectivity index (χ3n) is 3.56. The Morgan fingerprint density at radius 2 is 1.76 bits per heavy atom. The Morgan fingerprint density at radius 3 is 2.24 bits per heavy atom.